The molecule has 0 radical (unpaired) electrons. The maximum atomic E-state index is 11.4. The summed E-state index contributed by atoms with van der Waals surface area (Å²) in [6, 6.07) is 6.99. The van der Waals surface area contributed by atoms with E-state index in [0.29, 0.717) is 22.7 Å². The highest BCUT2D eigenvalue weighted by Crippen LogP contribution is 2.28. The van der Waals surface area contributed by atoms with Crippen molar-refractivity contribution in [3.63, 3.8) is 0 Å². The number of hydrogen-bond donors (Lipinski definition) is 2. The third-order valence-corrected chi connectivity index (χ3v) is 3.03. The van der Waals surface area contributed by atoms with Crippen LogP contribution in [0.1, 0.15) is 10.4 Å². The SMILES string of the molecule is COc1ccncc1-c1nc2c(C(N)=O)cccc2[nH]1. The zero-order valence-electron chi connectivity index (χ0n) is 10.8. The number of benzene rings is 1. The first-order chi connectivity index (χ1) is 9.70. The molecule has 6 heteroatoms. The van der Waals surface area contributed by atoms with E-state index in [2.05, 4.69) is 15.0 Å². The summed E-state index contributed by atoms with van der Waals surface area (Å²) < 4.78 is 5.28. The number of carbonyl (C=O) groups is 1. The lowest BCUT2D eigenvalue weighted by molar-refractivity contribution is 0.100. The van der Waals surface area contributed by atoms with Crippen LogP contribution in [0.4, 0.5) is 0 Å². The van der Waals surface area contributed by atoms with Crippen LogP contribution < -0.4 is 10.5 Å². The highest BCUT2D eigenvalue weighted by atomic mass is 16.5. The normalized spacial score (nSPS) is 10.7. The summed E-state index contributed by atoms with van der Waals surface area (Å²) in [6.45, 7) is 0. The molecule has 0 unspecified atom stereocenters. The van der Waals surface area contributed by atoms with E-state index in [1.807, 2.05) is 6.07 Å². The summed E-state index contributed by atoms with van der Waals surface area (Å²) in [5, 5.41) is 0. The van der Waals surface area contributed by atoms with Crippen LogP contribution in [0.3, 0.4) is 0 Å². The van der Waals surface area contributed by atoms with E-state index in [9.17, 15) is 4.79 Å². The van der Waals surface area contributed by atoms with Crippen molar-refractivity contribution in [2.75, 3.05) is 7.11 Å². The number of rotatable bonds is 3. The fourth-order valence-corrected chi connectivity index (χ4v) is 2.10. The summed E-state index contributed by atoms with van der Waals surface area (Å²) in [7, 11) is 1.58. The van der Waals surface area contributed by atoms with Gasteiger partial charge in [0.15, 0.2) is 0 Å². The van der Waals surface area contributed by atoms with Gasteiger partial charge >= 0.3 is 0 Å². The van der Waals surface area contributed by atoms with Crippen LogP contribution in [0.2, 0.25) is 0 Å². The molecule has 1 aromatic carbocycles. The lowest BCUT2D eigenvalue weighted by atomic mass is 10.2. The number of primary amides is 1. The molecule has 20 heavy (non-hydrogen) atoms. The van der Waals surface area contributed by atoms with Gasteiger partial charge in [-0.2, -0.15) is 0 Å². The Kier molecular flexibility index (Phi) is 2.83. The van der Waals surface area contributed by atoms with Crippen molar-refractivity contribution < 1.29 is 9.53 Å². The minimum atomic E-state index is -0.508. The topological polar surface area (TPSA) is 93.9 Å². The van der Waals surface area contributed by atoms with E-state index in [1.165, 1.54) is 0 Å². The number of carbonyl (C=O) groups excluding carboxylic acids is 1. The molecule has 0 aliphatic rings. The van der Waals surface area contributed by atoms with Crippen LogP contribution in [-0.4, -0.2) is 28.0 Å². The summed E-state index contributed by atoms with van der Waals surface area (Å²) in [5.41, 5.74) is 7.74. The Labute approximate surface area is 114 Å². The molecule has 0 saturated heterocycles. The number of amides is 1. The van der Waals surface area contributed by atoms with Crippen molar-refractivity contribution in [1.29, 1.82) is 0 Å². The second kappa shape index (κ2) is 4.65. The largest absolute Gasteiger partial charge is 0.496 e. The fraction of sp³-hybridized carbons (Fsp3) is 0.0714. The van der Waals surface area contributed by atoms with Crippen molar-refractivity contribution in [3.8, 4) is 17.1 Å². The van der Waals surface area contributed by atoms with Gasteiger partial charge in [-0.15, -0.1) is 0 Å². The van der Waals surface area contributed by atoms with E-state index in [1.54, 1.807) is 37.7 Å². The predicted molar refractivity (Wildman–Crippen MR) is 74.4 cm³/mol. The van der Waals surface area contributed by atoms with E-state index < -0.39 is 5.91 Å². The van der Waals surface area contributed by atoms with E-state index in [0.717, 1.165) is 11.1 Å². The van der Waals surface area contributed by atoms with Crippen molar-refractivity contribution in [2.24, 2.45) is 5.73 Å². The molecule has 0 fully saturated rings. The summed E-state index contributed by atoms with van der Waals surface area (Å²) in [4.78, 5) is 23.1. The minimum Gasteiger partial charge on any atom is -0.496 e. The Bertz CT molecular complexity index is 795. The minimum absolute atomic E-state index is 0.382. The van der Waals surface area contributed by atoms with Crippen molar-refractivity contribution >= 4 is 16.9 Å². The third-order valence-electron chi connectivity index (χ3n) is 3.03. The lowest BCUT2D eigenvalue weighted by Gasteiger charge is -2.03. The number of hydrogen-bond acceptors (Lipinski definition) is 4. The maximum absolute atomic E-state index is 11.4. The van der Waals surface area contributed by atoms with Gasteiger partial charge < -0.3 is 15.5 Å². The van der Waals surface area contributed by atoms with Crippen molar-refractivity contribution in [2.45, 2.75) is 0 Å². The molecule has 0 aliphatic carbocycles. The Balaban J connectivity index is 2.23. The number of aromatic nitrogens is 3. The molecule has 0 bridgehead atoms. The van der Waals surface area contributed by atoms with E-state index in [4.69, 9.17) is 10.5 Å². The summed E-state index contributed by atoms with van der Waals surface area (Å²) >= 11 is 0. The molecule has 2 aromatic heterocycles. The molecule has 3 aromatic rings. The standard InChI is InChI=1S/C14H12N4O2/c1-20-11-5-6-16-7-9(11)14-17-10-4-2-3-8(13(15)19)12(10)18-14/h2-7H,1H3,(H2,15,19)(H,17,18). The summed E-state index contributed by atoms with van der Waals surface area (Å²) in [5.74, 6) is 0.727. The smallest absolute Gasteiger partial charge is 0.250 e. The Morgan fingerprint density at radius 2 is 2.20 bits per heavy atom. The van der Waals surface area contributed by atoms with E-state index >= 15 is 0 Å². The number of methoxy groups -OCH3 is 1. The van der Waals surface area contributed by atoms with E-state index in [-0.39, 0.29) is 0 Å². The zero-order valence-corrected chi connectivity index (χ0v) is 10.8. The molecule has 2 heterocycles. The molecule has 0 aliphatic heterocycles. The predicted octanol–water partition coefficient (Wildman–Crippen LogP) is 1.73. The molecular weight excluding hydrogens is 256 g/mol. The number of H-pyrrole nitrogens is 1. The molecule has 3 N–H and O–H groups in total. The van der Waals surface area contributed by atoms with Gasteiger partial charge in [-0.3, -0.25) is 9.78 Å². The average molecular weight is 268 g/mol. The maximum Gasteiger partial charge on any atom is 0.250 e. The second-order valence-corrected chi connectivity index (χ2v) is 4.23. The third kappa shape index (κ3) is 1.87. The van der Waals surface area contributed by atoms with Crippen LogP contribution in [-0.2, 0) is 0 Å². The molecule has 0 spiro atoms. The van der Waals surface area contributed by atoms with Crippen LogP contribution in [0.5, 0.6) is 5.75 Å². The number of ether oxygens (including phenoxy) is 1. The first-order valence-electron chi connectivity index (χ1n) is 5.97. The summed E-state index contributed by atoms with van der Waals surface area (Å²) in [6.07, 6.45) is 3.29. The molecule has 6 nitrogen and oxygen atoms in total. The highest BCUT2D eigenvalue weighted by Gasteiger charge is 2.14. The Morgan fingerprint density at radius 1 is 1.35 bits per heavy atom. The number of para-hydroxylation sites is 1. The molecule has 0 atom stereocenters. The second-order valence-electron chi connectivity index (χ2n) is 4.23. The molecule has 0 saturated carbocycles. The van der Waals surface area contributed by atoms with Gasteiger partial charge in [0.1, 0.15) is 17.1 Å². The lowest BCUT2D eigenvalue weighted by Crippen LogP contribution is -2.11. The number of nitrogens with one attached hydrogen (secondary N) is 1. The average Bonchev–Trinajstić information content (AvgIpc) is 2.90. The van der Waals surface area contributed by atoms with Crippen LogP contribution >= 0.6 is 0 Å². The Morgan fingerprint density at radius 3 is 2.95 bits per heavy atom. The Hall–Kier alpha value is -2.89. The van der Waals surface area contributed by atoms with Gasteiger partial charge in [0, 0.05) is 12.4 Å². The number of pyridine rings is 1. The molecule has 100 valence electrons. The first kappa shape index (κ1) is 12.2. The van der Waals surface area contributed by atoms with Gasteiger partial charge in [0.25, 0.3) is 5.91 Å². The quantitative estimate of drug-likeness (QED) is 0.756. The van der Waals surface area contributed by atoms with Crippen LogP contribution in [0.15, 0.2) is 36.7 Å². The van der Waals surface area contributed by atoms with Gasteiger partial charge in [-0.25, -0.2) is 4.98 Å². The van der Waals surface area contributed by atoms with Crippen LogP contribution in [0.25, 0.3) is 22.4 Å². The molecule has 1 amide bonds. The van der Waals surface area contributed by atoms with Gasteiger partial charge in [-0.1, -0.05) is 6.07 Å². The number of nitrogens with zero attached hydrogens (tertiary/aromatic N) is 2. The first-order valence-corrected chi connectivity index (χ1v) is 5.97. The van der Waals surface area contributed by atoms with Crippen LogP contribution in [0, 0.1) is 0 Å². The number of aromatic amines is 1. The van der Waals surface area contributed by atoms with Crippen molar-refractivity contribution in [3.05, 3.63) is 42.2 Å². The monoisotopic (exact) mass is 268 g/mol. The number of nitrogens with two attached hydrogens (primary N) is 1. The number of imidazole rings is 1. The zero-order chi connectivity index (χ0) is 14.1. The van der Waals surface area contributed by atoms with Gasteiger partial charge in [0.05, 0.1) is 23.8 Å². The van der Waals surface area contributed by atoms with Gasteiger partial charge in [0.2, 0.25) is 0 Å². The van der Waals surface area contributed by atoms with Gasteiger partial charge in [-0.05, 0) is 18.2 Å². The fourth-order valence-electron chi connectivity index (χ4n) is 2.10. The highest BCUT2D eigenvalue weighted by molar-refractivity contribution is 6.04. The molecular formula is C14H12N4O2. The molecule has 3 rings (SSSR count). The number of fused-ring (bicyclic) bond motifs is 1. The van der Waals surface area contributed by atoms with Crippen molar-refractivity contribution in [1.82, 2.24) is 15.0 Å².